The van der Waals surface area contributed by atoms with Gasteiger partial charge in [0.1, 0.15) is 0 Å². The van der Waals surface area contributed by atoms with Gasteiger partial charge in [0.25, 0.3) is 0 Å². The van der Waals surface area contributed by atoms with Crippen LogP contribution in [0.4, 0.5) is 5.95 Å². The molecule has 0 radical (unpaired) electrons. The lowest BCUT2D eigenvalue weighted by molar-refractivity contribution is -0.120. The van der Waals surface area contributed by atoms with E-state index < -0.39 is 0 Å². The Morgan fingerprint density at radius 1 is 1.35 bits per heavy atom. The number of anilines is 1. The van der Waals surface area contributed by atoms with Crippen LogP contribution in [0.1, 0.15) is 20.3 Å². The molecule has 0 aliphatic rings. The van der Waals surface area contributed by atoms with Crippen LogP contribution < -0.4 is 10.6 Å². The van der Waals surface area contributed by atoms with E-state index in [2.05, 4.69) is 26.2 Å². The van der Waals surface area contributed by atoms with E-state index in [0.29, 0.717) is 5.95 Å². The highest BCUT2D eigenvalue weighted by atomic mass is 16.2. The van der Waals surface area contributed by atoms with Gasteiger partial charge in [-0.25, -0.2) is 0 Å². The van der Waals surface area contributed by atoms with Crippen LogP contribution in [0, 0.1) is 0 Å². The van der Waals surface area contributed by atoms with Crippen LogP contribution in [0.5, 0.6) is 0 Å². The fourth-order valence-corrected chi connectivity index (χ4v) is 1.63. The molecule has 0 bridgehead atoms. The van der Waals surface area contributed by atoms with Gasteiger partial charge in [0, 0.05) is 6.04 Å². The number of rotatable bonds is 6. The summed E-state index contributed by atoms with van der Waals surface area (Å²) in [4.78, 5) is 11.7. The number of para-hydroxylation sites is 1. The van der Waals surface area contributed by atoms with Crippen molar-refractivity contribution in [3.8, 4) is 5.69 Å². The maximum atomic E-state index is 11.7. The molecule has 20 heavy (non-hydrogen) atoms. The van der Waals surface area contributed by atoms with Crippen molar-refractivity contribution in [3.05, 3.63) is 30.3 Å². The maximum absolute atomic E-state index is 11.7. The number of amides is 1. The molecule has 7 heteroatoms. The summed E-state index contributed by atoms with van der Waals surface area (Å²) in [5.41, 5.74) is 0.835. The molecule has 0 aliphatic heterocycles. The predicted molar refractivity (Wildman–Crippen MR) is 75.5 cm³/mol. The number of carbonyl (C=O) groups excluding carboxylic acids is 1. The first-order valence-corrected chi connectivity index (χ1v) is 6.57. The number of carbonyl (C=O) groups is 1. The zero-order chi connectivity index (χ0) is 14.4. The van der Waals surface area contributed by atoms with Crippen LogP contribution in [-0.2, 0) is 4.79 Å². The van der Waals surface area contributed by atoms with Crippen LogP contribution in [0.3, 0.4) is 0 Å². The third-order valence-corrected chi connectivity index (χ3v) is 2.90. The van der Waals surface area contributed by atoms with Gasteiger partial charge in [-0.3, -0.25) is 4.79 Å². The van der Waals surface area contributed by atoms with E-state index in [1.54, 1.807) is 4.68 Å². The molecule has 1 heterocycles. The molecule has 1 aromatic carbocycles. The van der Waals surface area contributed by atoms with Crippen LogP contribution >= 0.6 is 0 Å². The number of hydrogen-bond donors (Lipinski definition) is 2. The molecule has 0 saturated carbocycles. The van der Waals surface area contributed by atoms with Crippen LogP contribution in [0.15, 0.2) is 30.3 Å². The van der Waals surface area contributed by atoms with Crippen molar-refractivity contribution in [1.82, 2.24) is 25.5 Å². The second kappa shape index (κ2) is 6.65. The number of nitrogens with zero attached hydrogens (tertiary/aromatic N) is 4. The lowest BCUT2D eigenvalue weighted by Gasteiger charge is -2.12. The summed E-state index contributed by atoms with van der Waals surface area (Å²) in [5, 5.41) is 17.2. The lowest BCUT2D eigenvalue weighted by atomic mass is 10.2. The minimum absolute atomic E-state index is 0.0815. The molecule has 0 spiro atoms. The maximum Gasteiger partial charge on any atom is 0.248 e. The average Bonchev–Trinajstić information content (AvgIpc) is 2.94. The van der Waals surface area contributed by atoms with Gasteiger partial charge in [-0.05, 0) is 35.9 Å². The molecule has 1 unspecified atom stereocenters. The molecular weight excluding hydrogens is 256 g/mol. The van der Waals surface area contributed by atoms with Crippen molar-refractivity contribution in [1.29, 1.82) is 0 Å². The molecule has 0 aliphatic carbocycles. The van der Waals surface area contributed by atoms with E-state index in [9.17, 15) is 4.79 Å². The van der Waals surface area contributed by atoms with Gasteiger partial charge < -0.3 is 10.6 Å². The summed E-state index contributed by atoms with van der Waals surface area (Å²) in [6.07, 6.45) is 0.896. The Labute approximate surface area is 117 Å². The van der Waals surface area contributed by atoms with Crippen LogP contribution in [0.2, 0.25) is 0 Å². The summed E-state index contributed by atoms with van der Waals surface area (Å²) >= 11 is 0. The number of nitrogens with one attached hydrogen (secondary N) is 2. The zero-order valence-corrected chi connectivity index (χ0v) is 11.6. The molecule has 2 N–H and O–H groups in total. The third kappa shape index (κ3) is 3.53. The Morgan fingerprint density at radius 3 is 2.80 bits per heavy atom. The van der Waals surface area contributed by atoms with E-state index in [-0.39, 0.29) is 18.5 Å². The van der Waals surface area contributed by atoms with Crippen LogP contribution in [0.25, 0.3) is 5.69 Å². The van der Waals surface area contributed by atoms with Gasteiger partial charge in [0.05, 0.1) is 12.2 Å². The van der Waals surface area contributed by atoms with E-state index in [4.69, 9.17) is 0 Å². The monoisotopic (exact) mass is 274 g/mol. The minimum Gasteiger partial charge on any atom is -0.352 e. The Kier molecular flexibility index (Phi) is 4.65. The highest BCUT2D eigenvalue weighted by Gasteiger charge is 2.10. The summed E-state index contributed by atoms with van der Waals surface area (Å²) in [7, 11) is 0. The summed E-state index contributed by atoms with van der Waals surface area (Å²) in [5.74, 6) is 0.359. The molecule has 7 nitrogen and oxygen atoms in total. The fraction of sp³-hybridized carbons (Fsp3) is 0.385. The van der Waals surface area contributed by atoms with Crippen molar-refractivity contribution in [2.45, 2.75) is 26.3 Å². The minimum atomic E-state index is -0.0815. The molecule has 0 saturated heterocycles. The molecule has 1 atom stereocenters. The van der Waals surface area contributed by atoms with E-state index >= 15 is 0 Å². The van der Waals surface area contributed by atoms with Gasteiger partial charge in [-0.2, -0.15) is 4.68 Å². The first-order valence-electron chi connectivity index (χ1n) is 6.57. The second-order valence-corrected chi connectivity index (χ2v) is 4.48. The highest BCUT2D eigenvalue weighted by molar-refractivity contribution is 5.80. The standard InChI is InChI=1S/C13H18N6O/c1-3-10(2)15-12(20)9-14-13-16-17-18-19(13)11-7-5-4-6-8-11/h4-8,10H,3,9H2,1-2H3,(H,15,20)(H,14,16,18). The Balaban J connectivity index is 1.98. The van der Waals surface area contributed by atoms with E-state index in [0.717, 1.165) is 12.1 Å². The van der Waals surface area contributed by atoms with Crippen LogP contribution in [-0.4, -0.2) is 38.7 Å². The molecule has 106 valence electrons. The largest absolute Gasteiger partial charge is 0.352 e. The van der Waals surface area contributed by atoms with E-state index in [1.807, 2.05) is 44.2 Å². The number of benzene rings is 1. The smallest absolute Gasteiger partial charge is 0.248 e. The quantitative estimate of drug-likeness (QED) is 0.820. The highest BCUT2D eigenvalue weighted by Crippen LogP contribution is 2.09. The van der Waals surface area contributed by atoms with Gasteiger partial charge in [-0.15, -0.1) is 0 Å². The molecule has 2 rings (SSSR count). The lowest BCUT2D eigenvalue weighted by Crippen LogP contribution is -2.36. The van der Waals surface area contributed by atoms with Crippen molar-refractivity contribution < 1.29 is 4.79 Å². The number of tetrazole rings is 1. The molecule has 2 aromatic rings. The summed E-state index contributed by atoms with van der Waals surface area (Å²) in [6, 6.07) is 9.66. The van der Waals surface area contributed by atoms with Crippen molar-refractivity contribution in [2.24, 2.45) is 0 Å². The number of hydrogen-bond acceptors (Lipinski definition) is 5. The molecule has 1 amide bonds. The number of aromatic nitrogens is 4. The van der Waals surface area contributed by atoms with E-state index in [1.165, 1.54) is 0 Å². The summed E-state index contributed by atoms with van der Waals surface area (Å²) in [6.45, 7) is 4.12. The predicted octanol–water partition coefficient (Wildman–Crippen LogP) is 0.989. The van der Waals surface area contributed by atoms with Gasteiger partial charge in [0.15, 0.2) is 0 Å². The zero-order valence-electron chi connectivity index (χ0n) is 11.6. The van der Waals surface area contributed by atoms with Crippen molar-refractivity contribution in [2.75, 3.05) is 11.9 Å². The Bertz CT molecular complexity index is 553. The Hall–Kier alpha value is -2.44. The van der Waals surface area contributed by atoms with Crippen molar-refractivity contribution in [3.63, 3.8) is 0 Å². The molecule has 1 aromatic heterocycles. The summed E-state index contributed by atoms with van der Waals surface area (Å²) < 4.78 is 1.55. The topological polar surface area (TPSA) is 84.7 Å². The first kappa shape index (κ1) is 14.0. The SMILES string of the molecule is CCC(C)NC(=O)CNc1nnnn1-c1ccccc1. The first-order chi connectivity index (χ1) is 9.70. The van der Waals surface area contributed by atoms with Gasteiger partial charge >= 0.3 is 0 Å². The second-order valence-electron chi connectivity index (χ2n) is 4.48. The fourth-order valence-electron chi connectivity index (χ4n) is 1.63. The Morgan fingerprint density at radius 2 is 2.10 bits per heavy atom. The van der Waals surface area contributed by atoms with Gasteiger partial charge in [0.2, 0.25) is 11.9 Å². The third-order valence-electron chi connectivity index (χ3n) is 2.90. The normalized spacial score (nSPS) is 11.9. The molecule has 0 fully saturated rings. The van der Waals surface area contributed by atoms with Gasteiger partial charge in [-0.1, -0.05) is 30.2 Å². The average molecular weight is 274 g/mol. The van der Waals surface area contributed by atoms with Crippen molar-refractivity contribution >= 4 is 11.9 Å². The molecular formula is C13H18N6O.